The van der Waals surface area contributed by atoms with E-state index in [4.69, 9.17) is 4.74 Å². The molecule has 3 aliphatic rings. The highest BCUT2D eigenvalue weighted by Crippen LogP contribution is 2.46. The average Bonchev–Trinajstić information content (AvgIpc) is 3.20. The molecule has 3 fully saturated rings. The number of pyridine rings is 1. The molecule has 1 unspecified atom stereocenters. The highest BCUT2D eigenvalue weighted by molar-refractivity contribution is 5.88. The second-order valence-electron chi connectivity index (χ2n) is 7.76. The van der Waals surface area contributed by atoms with Gasteiger partial charge in [0.2, 0.25) is 0 Å². The lowest BCUT2D eigenvalue weighted by Crippen LogP contribution is -2.52. The Hall–Kier alpha value is -3.10. The predicted octanol–water partition coefficient (Wildman–Crippen LogP) is 2.94. The third kappa shape index (κ3) is 3.01. The fourth-order valence-corrected chi connectivity index (χ4v) is 4.90. The molecule has 6 rings (SSSR count). The lowest BCUT2D eigenvalue weighted by Gasteiger charge is -2.47. The monoisotopic (exact) mass is 396 g/mol. The van der Waals surface area contributed by atoms with Gasteiger partial charge in [0.05, 0.1) is 24.6 Å². The Labute approximate surface area is 166 Å². The van der Waals surface area contributed by atoms with Crippen molar-refractivity contribution in [3.8, 4) is 11.5 Å². The van der Waals surface area contributed by atoms with E-state index in [-0.39, 0.29) is 35.6 Å². The van der Waals surface area contributed by atoms with Crippen LogP contribution in [-0.4, -0.2) is 44.3 Å². The number of nitrogens with one attached hydrogen (secondary N) is 2. The van der Waals surface area contributed by atoms with Gasteiger partial charge in [-0.3, -0.25) is 9.89 Å². The lowest BCUT2D eigenvalue weighted by molar-refractivity contribution is -0.152. The number of H-pyrrole nitrogens is 1. The van der Waals surface area contributed by atoms with E-state index in [1.54, 1.807) is 12.3 Å². The molecule has 29 heavy (non-hydrogen) atoms. The second-order valence-corrected chi connectivity index (χ2v) is 7.76. The number of hydrogen-bond acceptors (Lipinski definition) is 7. The fourth-order valence-electron chi connectivity index (χ4n) is 4.90. The molecule has 0 spiro atoms. The summed E-state index contributed by atoms with van der Waals surface area (Å²) in [4.78, 5) is 25.2. The Morgan fingerprint density at radius 2 is 2.03 bits per heavy atom. The number of rotatable bonds is 4. The Morgan fingerprint density at radius 3 is 2.83 bits per heavy atom. The van der Waals surface area contributed by atoms with Gasteiger partial charge in [-0.2, -0.15) is 5.10 Å². The predicted molar refractivity (Wildman–Crippen MR) is 103 cm³/mol. The van der Waals surface area contributed by atoms with Crippen LogP contribution >= 0.6 is 0 Å². The van der Waals surface area contributed by atoms with Gasteiger partial charge in [0.15, 0.2) is 23.1 Å². The van der Waals surface area contributed by atoms with Crippen molar-refractivity contribution in [2.45, 2.75) is 31.7 Å². The summed E-state index contributed by atoms with van der Waals surface area (Å²) in [5.41, 5.74) is 1.12. The zero-order valence-corrected chi connectivity index (χ0v) is 15.9. The number of nitrogens with zero attached hydrogens (tertiary/aromatic N) is 4. The topological polar surface area (TPSA) is 106 Å². The summed E-state index contributed by atoms with van der Waals surface area (Å²) in [5, 5.41) is 11.1. The first-order valence-corrected chi connectivity index (χ1v) is 9.82. The van der Waals surface area contributed by atoms with E-state index in [1.807, 2.05) is 6.07 Å². The van der Waals surface area contributed by atoms with Crippen molar-refractivity contribution in [3.63, 3.8) is 0 Å². The number of aromatic nitrogens is 5. The third-order valence-electron chi connectivity index (χ3n) is 6.29. The number of esters is 1. The lowest BCUT2D eigenvalue weighted by atomic mass is 9.61. The number of carbonyl (C=O) groups excluding carboxylic acids is 1. The second kappa shape index (κ2) is 7.06. The van der Waals surface area contributed by atoms with Crippen molar-refractivity contribution >= 4 is 22.8 Å². The van der Waals surface area contributed by atoms with Crippen molar-refractivity contribution in [1.82, 2.24) is 25.1 Å². The van der Waals surface area contributed by atoms with Gasteiger partial charge in [0, 0.05) is 12.2 Å². The van der Waals surface area contributed by atoms with Gasteiger partial charge in [-0.25, -0.2) is 19.3 Å². The van der Waals surface area contributed by atoms with E-state index in [9.17, 15) is 9.18 Å². The van der Waals surface area contributed by atoms with Crippen LogP contribution in [0.15, 0.2) is 24.5 Å². The summed E-state index contributed by atoms with van der Waals surface area (Å²) in [7, 11) is 1.40. The summed E-state index contributed by atoms with van der Waals surface area (Å²) < 4.78 is 19.6. The molecule has 8 nitrogen and oxygen atoms in total. The van der Waals surface area contributed by atoms with Gasteiger partial charge in [0.25, 0.3) is 0 Å². The Kier molecular flexibility index (Phi) is 4.37. The molecule has 0 amide bonds. The van der Waals surface area contributed by atoms with Crippen molar-refractivity contribution in [2.24, 2.45) is 17.8 Å². The molecule has 3 aromatic heterocycles. The molecule has 0 aromatic carbocycles. The minimum atomic E-state index is -0.559. The number of ether oxygens (including phenoxy) is 1. The Balaban J connectivity index is 1.50. The minimum absolute atomic E-state index is 0.0847. The number of hydrogen-bond donors (Lipinski definition) is 2. The SMILES string of the molecule is COC(=O)[C@H]1C2CCC(CC2)C1Nc1nc(-c2n[nH]c3ncccc23)ncc1F. The smallest absolute Gasteiger partial charge is 0.311 e. The van der Waals surface area contributed by atoms with Gasteiger partial charge in [0.1, 0.15) is 5.69 Å². The van der Waals surface area contributed by atoms with Crippen LogP contribution in [0.5, 0.6) is 0 Å². The summed E-state index contributed by atoms with van der Waals surface area (Å²) >= 11 is 0. The maximum atomic E-state index is 14.6. The number of fused-ring (bicyclic) bond motifs is 4. The molecule has 9 heteroatoms. The zero-order valence-electron chi connectivity index (χ0n) is 15.9. The van der Waals surface area contributed by atoms with Crippen LogP contribution < -0.4 is 5.32 Å². The van der Waals surface area contributed by atoms with Crippen molar-refractivity contribution in [3.05, 3.63) is 30.3 Å². The van der Waals surface area contributed by atoms with Crippen LogP contribution in [0.2, 0.25) is 0 Å². The molecule has 3 saturated carbocycles. The van der Waals surface area contributed by atoms with Crippen molar-refractivity contribution in [1.29, 1.82) is 0 Å². The van der Waals surface area contributed by atoms with Crippen LogP contribution in [0.4, 0.5) is 10.2 Å². The standard InChI is InChI=1S/C20H21FN6O2/c1-29-20(28)14-10-4-6-11(7-5-10)15(14)24-18-13(21)9-23-19(25-18)16-12-3-2-8-22-17(12)27-26-16/h2-3,8-11,14-15H,4-7H2,1H3,(H,22,26,27)(H,23,24,25)/t10?,11?,14-,15?/m0/s1. The number of anilines is 1. The summed E-state index contributed by atoms with van der Waals surface area (Å²) in [6, 6.07) is 3.45. The van der Waals surface area contributed by atoms with Crippen LogP contribution in [0.1, 0.15) is 25.7 Å². The molecular formula is C20H21FN6O2. The number of halogens is 1. The number of methoxy groups -OCH3 is 1. The van der Waals surface area contributed by atoms with Crippen LogP contribution in [0.25, 0.3) is 22.6 Å². The average molecular weight is 396 g/mol. The summed E-state index contributed by atoms with van der Waals surface area (Å²) in [6.07, 6.45) is 6.85. The quantitative estimate of drug-likeness (QED) is 0.653. The van der Waals surface area contributed by atoms with E-state index in [0.717, 1.165) is 37.3 Å². The fraction of sp³-hybridized carbons (Fsp3) is 0.450. The van der Waals surface area contributed by atoms with Crippen molar-refractivity contribution in [2.75, 3.05) is 12.4 Å². The van der Waals surface area contributed by atoms with E-state index in [2.05, 4.69) is 30.5 Å². The molecule has 3 aliphatic carbocycles. The largest absolute Gasteiger partial charge is 0.469 e. The van der Waals surface area contributed by atoms with Gasteiger partial charge in [-0.05, 0) is 49.7 Å². The summed E-state index contributed by atoms with van der Waals surface area (Å²) in [5.74, 6) is -0.160. The molecular weight excluding hydrogens is 375 g/mol. The van der Waals surface area contributed by atoms with E-state index >= 15 is 0 Å². The highest BCUT2D eigenvalue weighted by Gasteiger charge is 2.48. The maximum Gasteiger partial charge on any atom is 0.311 e. The van der Waals surface area contributed by atoms with E-state index in [1.165, 1.54) is 7.11 Å². The Bertz CT molecular complexity index is 1060. The van der Waals surface area contributed by atoms with Crippen LogP contribution in [-0.2, 0) is 9.53 Å². The molecule has 0 saturated heterocycles. The first-order chi connectivity index (χ1) is 14.2. The molecule has 0 aliphatic heterocycles. The zero-order chi connectivity index (χ0) is 20.0. The molecule has 0 radical (unpaired) electrons. The highest BCUT2D eigenvalue weighted by atomic mass is 19.1. The molecule has 2 bridgehead atoms. The first kappa shape index (κ1) is 18.0. The first-order valence-electron chi connectivity index (χ1n) is 9.82. The van der Waals surface area contributed by atoms with Crippen molar-refractivity contribution < 1.29 is 13.9 Å². The Morgan fingerprint density at radius 1 is 1.24 bits per heavy atom. The van der Waals surface area contributed by atoms with E-state index in [0.29, 0.717) is 17.2 Å². The molecule has 2 atom stereocenters. The molecule has 3 heterocycles. The van der Waals surface area contributed by atoms with Gasteiger partial charge >= 0.3 is 5.97 Å². The van der Waals surface area contributed by atoms with Gasteiger partial charge < -0.3 is 10.1 Å². The molecule has 3 aromatic rings. The van der Waals surface area contributed by atoms with E-state index < -0.39 is 5.82 Å². The van der Waals surface area contributed by atoms with Crippen LogP contribution in [0, 0.1) is 23.6 Å². The van der Waals surface area contributed by atoms with Gasteiger partial charge in [-0.1, -0.05) is 0 Å². The third-order valence-corrected chi connectivity index (χ3v) is 6.29. The summed E-state index contributed by atoms with van der Waals surface area (Å²) in [6.45, 7) is 0. The number of aromatic amines is 1. The number of carbonyl (C=O) groups is 1. The van der Waals surface area contributed by atoms with Crippen LogP contribution in [0.3, 0.4) is 0 Å². The molecule has 2 N–H and O–H groups in total. The normalized spacial score (nSPS) is 25.9. The maximum absolute atomic E-state index is 14.6. The minimum Gasteiger partial charge on any atom is -0.469 e. The van der Waals surface area contributed by atoms with Gasteiger partial charge in [-0.15, -0.1) is 0 Å². The molecule has 150 valence electrons.